The quantitative estimate of drug-likeness (QED) is 0.0232. The predicted octanol–water partition coefficient (Wildman–Crippen LogP) is 15.3. The summed E-state index contributed by atoms with van der Waals surface area (Å²) in [6, 6.07) is -0.996. The summed E-state index contributed by atoms with van der Waals surface area (Å²) in [7, 11) is 0. The lowest BCUT2D eigenvalue weighted by atomic mass is 9.99. The van der Waals surface area contributed by atoms with Crippen molar-refractivity contribution in [2.45, 2.75) is 352 Å². The van der Waals surface area contributed by atoms with Gasteiger partial charge >= 0.3 is 0 Å². The van der Waals surface area contributed by atoms with Crippen molar-refractivity contribution >= 4 is 5.91 Å². The van der Waals surface area contributed by atoms with E-state index in [1.807, 2.05) is 6.08 Å². The number of nitrogens with one attached hydrogen (secondary N) is 1. The fourth-order valence-corrected chi connectivity index (χ4v) is 10.2. The van der Waals surface area contributed by atoms with Crippen LogP contribution in [0.3, 0.4) is 0 Å². The molecule has 0 aliphatic carbocycles. The summed E-state index contributed by atoms with van der Waals surface area (Å²) < 4.78 is 11.2. The number of unbranched alkanes of at least 4 members (excludes halogenated alkanes) is 40. The SMILES string of the molecule is CCCCCCCCC/C=C/CC/C=C/C(O)C(COC1OC(CO)C(O)C(O)C1O)NC(=O)C(O)CCCCCCCCCCCCCCCCCC/C=C\CCCCCCCCCCCCCCCCCC. The fraction of sp³-hybridized carbons (Fsp3) is 0.891. The van der Waals surface area contributed by atoms with Crippen LogP contribution in [-0.2, 0) is 14.3 Å². The van der Waals surface area contributed by atoms with E-state index in [1.165, 1.54) is 238 Å². The molecule has 1 amide bonds. The Morgan fingerprint density at radius 1 is 0.459 bits per heavy atom. The summed E-state index contributed by atoms with van der Waals surface area (Å²) in [5.74, 6) is -0.623. The van der Waals surface area contributed by atoms with Crippen molar-refractivity contribution in [1.29, 1.82) is 0 Å². The first-order chi connectivity index (χ1) is 36.3. The summed E-state index contributed by atoms with van der Waals surface area (Å²) in [5, 5.41) is 65.0. The van der Waals surface area contributed by atoms with Gasteiger partial charge in [-0.1, -0.05) is 281 Å². The summed E-state index contributed by atoms with van der Waals surface area (Å²) >= 11 is 0. The minimum atomic E-state index is -1.62. The molecule has 1 saturated heterocycles. The molecule has 0 aromatic rings. The Morgan fingerprint density at radius 3 is 1.18 bits per heavy atom. The van der Waals surface area contributed by atoms with E-state index >= 15 is 0 Å². The third-order valence-electron chi connectivity index (χ3n) is 15.3. The zero-order valence-corrected chi connectivity index (χ0v) is 48.2. The van der Waals surface area contributed by atoms with Crippen molar-refractivity contribution in [3.63, 3.8) is 0 Å². The van der Waals surface area contributed by atoms with Crippen LogP contribution in [0.5, 0.6) is 0 Å². The lowest BCUT2D eigenvalue weighted by Crippen LogP contribution is -2.60. The number of carbonyl (C=O) groups excluding carboxylic acids is 1. The second-order valence-electron chi connectivity index (χ2n) is 22.3. The number of hydrogen-bond donors (Lipinski definition) is 7. The monoisotopic (exact) mass is 1050 g/mol. The number of carbonyl (C=O) groups is 1. The first kappa shape index (κ1) is 70.4. The lowest BCUT2D eigenvalue weighted by molar-refractivity contribution is -0.302. The van der Waals surface area contributed by atoms with Crippen LogP contribution in [0, 0.1) is 0 Å². The van der Waals surface area contributed by atoms with E-state index in [1.54, 1.807) is 6.08 Å². The van der Waals surface area contributed by atoms with Crippen molar-refractivity contribution in [1.82, 2.24) is 5.32 Å². The van der Waals surface area contributed by atoms with Crippen molar-refractivity contribution in [2.24, 2.45) is 0 Å². The van der Waals surface area contributed by atoms with Crippen LogP contribution in [0.2, 0.25) is 0 Å². The second-order valence-corrected chi connectivity index (χ2v) is 22.3. The van der Waals surface area contributed by atoms with Gasteiger partial charge < -0.3 is 45.4 Å². The summed E-state index contributed by atoms with van der Waals surface area (Å²) in [4.78, 5) is 13.1. The molecule has 74 heavy (non-hydrogen) atoms. The second kappa shape index (κ2) is 53.4. The number of rotatable bonds is 55. The normalized spacial score (nSPS) is 19.6. The molecule has 1 aliphatic heterocycles. The third-order valence-corrected chi connectivity index (χ3v) is 15.3. The Balaban J connectivity index is 2.10. The molecule has 0 spiro atoms. The average Bonchev–Trinajstić information content (AvgIpc) is 3.40. The molecular weight excluding hydrogens is 927 g/mol. The molecule has 1 heterocycles. The van der Waals surface area contributed by atoms with Crippen LogP contribution in [-0.4, -0.2) is 98.7 Å². The topological polar surface area (TPSA) is 169 Å². The Bertz CT molecular complexity index is 1280. The number of aliphatic hydroxyl groups excluding tert-OH is 6. The van der Waals surface area contributed by atoms with Gasteiger partial charge in [-0.3, -0.25) is 4.79 Å². The molecule has 8 unspecified atom stereocenters. The van der Waals surface area contributed by atoms with E-state index < -0.39 is 61.5 Å². The Hall–Kier alpha value is -1.63. The van der Waals surface area contributed by atoms with Gasteiger partial charge in [-0.2, -0.15) is 0 Å². The van der Waals surface area contributed by atoms with Crippen molar-refractivity contribution in [3.05, 3.63) is 36.5 Å². The van der Waals surface area contributed by atoms with Gasteiger partial charge in [0.05, 0.1) is 25.4 Å². The van der Waals surface area contributed by atoms with Crippen molar-refractivity contribution in [2.75, 3.05) is 13.2 Å². The molecule has 0 aromatic carbocycles. The molecule has 1 fully saturated rings. The zero-order chi connectivity index (χ0) is 53.8. The van der Waals surface area contributed by atoms with E-state index in [9.17, 15) is 35.4 Å². The number of ether oxygens (including phenoxy) is 2. The van der Waals surface area contributed by atoms with Crippen LogP contribution < -0.4 is 5.32 Å². The fourth-order valence-electron chi connectivity index (χ4n) is 10.2. The van der Waals surface area contributed by atoms with Gasteiger partial charge in [0.15, 0.2) is 6.29 Å². The standard InChI is InChI=1S/C64H121NO9/c1-3-5-7-9-11-13-15-17-18-19-20-21-22-23-24-25-26-27-28-29-30-31-32-33-34-35-36-37-38-39-41-43-45-47-49-51-53-58(68)63(72)65-56(55-73-64-62(71)61(70)60(69)59(54-66)74-64)57(67)52-50-48-46-44-42-40-16-14-12-10-8-6-4-2/h27-28,42,44,50,52,56-62,64,66-71H,3-26,29-41,43,45-49,51,53-55H2,1-2H3,(H,65,72)/b28-27-,44-42+,52-50+. The first-order valence-electron chi connectivity index (χ1n) is 31.8. The highest BCUT2D eigenvalue weighted by atomic mass is 16.7. The van der Waals surface area contributed by atoms with E-state index in [0.717, 1.165) is 32.1 Å². The molecule has 0 aromatic heterocycles. The summed E-state index contributed by atoms with van der Waals surface area (Å²) in [6.45, 7) is 3.61. The van der Waals surface area contributed by atoms with E-state index in [0.29, 0.717) is 19.3 Å². The largest absolute Gasteiger partial charge is 0.394 e. The van der Waals surface area contributed by atoms with Crippen LogP contribution in [0.15, 0.2) is 36.5 Å². The molecule has 7 N–H and O–H groups in total. The molecule has 10 nitrogen and oxygen atoms in total. The van der Waals surface area contributed by atoms with Gasteiger partial charge in [0.1, 0.15) is 30.5 Å². The Kier molecular flexibility index (Phi) is 50.8. The van der Waals surface area contributed by atoms with E-state index in [4.69, 9.17) is 9.47 Å². The van der Waals surface area contributed by atoms with Crippen LogP contribution >= 0.6 is 0 Å². The molecule has 10 heteroatoms. The van der Waals surface area contributed by atoms with Crippen molar-refractivity contribution in [3.8, 4) is 0 Å². The lowest BCUT2D eigenvalue weighted by Gasteiger charge is -2.40. The molecular formula is C64H121NO9. The van der Waals surface area contributed by atoms with Gasteiger partial charge in [0, 0.05) is 0 Å². The van der Waals surface area contributed by atoms with Gasteiger partial charge in [0.25, 0.3) is 0 Å². The maximum Gasteiger partial charge on any atom is 0.249 e. The maximum atomic E-state index is 13.1. The highest BCUT2D eigenvalue weighted by molar-refractivity contribution is 5.80. The van der Waals surface area contributed by atoms with Gasteiger partial charge in [-0.25, -0.2) is 0 Å². The summed E-state index contributed by atoms with van der Waals surface area (Å²) in [6.07, 6.45) is 60.1. The number of amides is 1. The van der Waals surface area contributed by atoms with Crippen molar-refractivity contribution < 1.29 is 44.9 Å². The third kappa shape index (κ3) is 41.5. The molecule has 0 bridgehead atoms. The summed E-state index contributed by atoms with van der Waals surface area (Å²) in [5.41, 5.74) is 0. The Morgan fingerprint density at radius 2 is 0.797 bits per heavy atom. The maximum absolute atomic E-state index is 13.1. The Labute approximate surface area is 455 Å². The van der Waals surface area contributed by atoms with Gasteiger partial charge in [0.2, 0.25) is 5.91 Å². The highest BCUT2D eigenvalue weighted by Gasteiger charge is 2.44. The first-order valence-corrected chi connectivity index (χ1v) is 31.8. The van der Waals surface area contributed by atoms with Crippen LogP contribution in [0.4, 0.5) is 0 Å². The van der Waals surface area contributed by atoms with Gasteiger partial charge in [-0.05, 0) is 57.8 Å². The number of hydrogen-bond acceptors (Lipinski definition) is 9. The van der Waals surface area contributed by atoms with Crippen LogP contribution in [0.1, 0.15) is 303 Å². The molecule has 8 atom stereocenters. The predicted molar refractivity (Wildman–Crippen MR) is 310 cm³/mol. The molecule has 1 aliphatic rings. The highest BCUT2D eigenvalue weighted by Crippen LogP contribution is 2.23. The minimum Gasteiger partial charge on any atom is -0.394 e. The number of allylic oxidation sites excluding steroid dienone is 5. The van der Waals surface area contributed by atoms with Gasteiger partial charge in [-0.15, -0.1) is 0 Å². The molecule has 0 radical (unpaired) electrons. The average molecular weight is 1050 g/mol. The minimum absolute atomic E-state index is 0.306. The smallest absolute Gasteiger partial charge is 0.249 e. The van der Waals surface area contributed by atoms with Crippen LogP contribution in [0.25, 0.3) is 0 Å². The molecule has 436 valence electrons. The zero-order valence-electron chi connectivity index (χ0n) is 48.2. The van der Waals surface area contributed by atoms with E-state index in [-0.39, 0.29) is 6.61 Å². The number of aliphatic hydroxyl groups is 6. The van der Waals surface area contributed by atoms with E-state index in [2.05, 4.69) is 43.5 Å². The molecule has 0 saturated carbocycles. The molecule has 1 rings (SSSR count).